The SMILES string of the molecule is COc1cc(C(N)CC(N)=O)cc(Br)c1OCc1ccc(Cl)c(Cl)c1. The summed E-state index contributed by atoms with van der Waals surface area (Å²) in [6, 6.07) is 8.25. The number of carbonyl (C=O) groups is 1. The number of nitrogens with two attached hydrogens (primary N) is 2. The third-order valence-corrected chi connectivity index (χ3v) is 4.80. The summed E-state index contributed by atoms with van der Waals surface area (Å²) in [5.74, 6) is 0.537. The molecule has 0 fully saturated rings. The number of ether oxygens (including phenoxy) is 2. The fourth-order valence-corrected chi connectivity index (χ4v) is 3.11. The first-order valence-corrected chi connectivity index (χ1v) is 8.84. The fraction of sp³-hybridized carbons (Fsp3) is 0.235. The van der Waals surface area contributed by atoms with Crippen LogP contribution in [0, 0.1) is 0 Å². The molecule has 0 aliphatic carbocycles. The average Bonchev–Trinajstić information content (AvgIpc) is 2.55. The number of halogens is 3. The van der Waals surface area contributed by atoms with Crippen molar-refractivity contribution in [3.63, 3.8) is 0 Å². The van der Waals surface area contributed by atoms with Gasteiger partial charge < -0.3 is 20.9 Å². The predicted octanol–water partition coefficient (Wildman–Crippen LogP) is 4.22. The molecule has 0 radical (unpaired) electrons. The molecular formula is C17H17BrCl2N2O3. The van der Waals surface area contributed by atoms with E-state index < -0.39 is 11.9 Å². The van der Waals surface area contributed by atoms with Crippen LogP contribution in [0.2, 0.25) is 10.0 Å². The molecule has 2 aromatic carbocycles. The van der Waals surface area contributed by atoms with Crippen LogP contribution < -0.4 is 20.9 Å². The first kappa shape index (κ1) is 19.8. The molecule has 134 valence electrons. The van der Waals surface area contributed by atoms with Crippen molar-refractivity contribution in [2.75, 3.05) is 7.11 Å². The van der Waals surface area contributed by atoms with E-state index in [9.17, 15) is 4.79 Å². The van der Waals surface area contributed by atoms with Gasteiger partial charge in [-0.2, -0.15) is 0 Å². The van der Waals surface area contributed by atoms with Gasteiger partial charge >= 0.3 is 0 Å². The van der Waals surface area contributed by atoms with Crippen LogP contribution in [0.1, 0.15) is 23.6 Å². The van der Waals surface area contributed by atoms with Crippen molar-refractivity contribution in [3.8, 4) is 11.5 Å². The zero-order chi connectivity index (χ0) is 18.6. The number of hydrogen-bond acceptors (Lipinski definition) is 4. The summed E-state index contributed by atoms with van der Waals surface area (Å²) in [6.07, 6.45) is 0.0407. The van der Waals surface area contributed by atoms with Crippen LogP contribution in [-0.2, 0) is 11.4 Å². The van der Waals surface area contributed by atoms with Crippen LogP contribution in [0.15, 0.2) is 34.8 Å². The first-order chi connectivity index (χ1) is 11.8. The normalized spacial score (nSPS) is 11.9. The molecule has 8 heteroatoms. The molecule has 2 rings (SSSR count). The molecule has 0 saturated carbocycles. The van der Waals surface area contributed by atoms with Crippen LogP contribution in [0.4, 0.5) is 0 Å². The van der Waals surface area contributed by atoms with Gasteiger partial charge in [0.25, 0.3) is 0 Å². The van der Waals surface area contributed by atoms with Gasteiger partial charge in [0, 0.05) is 12.5 Å². The zero-order valence-corrected chi connectivity index (χ0v) is 16.5. The quantitative estimate of drug-likeness (QED) is 0.665. The highest BCUT2D eigenvalue weighted by molar-refractivity contribution is 9.10. The van der Waals surface area contributed by atoms with Crippen LogP contribution in [0.5, 0.6) is 11.5 Å². The highest BCUT2D eigenvalue weighted by Crippen LogP contribution is 2.39. The molecule has 0 aromatic heterocycles. The molecule has 1 unspecified atom stereocenters. The molecule has 1 atom stereocenters. The Bertz CT molecular complexity index is 787. The molecular weight excluding hydrogens is 431 g/mol. The van der Waals surface area contributed by atoms with E-state index in [1.54, 1.807) is 24.3 Å². The lowest BCUT2D eigenvalue weighted by atomic mass is 10.0. The van der Waals surface area contributed by atoms with Gasteiger partial charge in [-0.3, -0.25) is 4.79 Å². The van der Waals surface area contributed by atoms with E-state index in [1.807, 2.05) is 6.07 Å². The maximum atomic E-state index is 11.1. The lowest BCUT2D eigenvalue weighted by molar-refractivity contribution is -0.118. The van der Waals surface area contributed by atoms with Gasteiger partial charge in [0.1, 0.15) is 6.61 Å². The highest BCUT2D eigenvalue weighted by Gasteiger charge is 2.17. The molecule has 1 amide bonds. The molecule has 0 spiro atoms. The summed E-state index contributed by atoms with van der Waals surface area (Å²) >= 11 is 15.4. The summed E-state index contributed by atoms with van der Waals surface area (Å²) in [5.41, 5.74) is 12.8. The Morgan fingerprint density at radius 1 is 1.24 bits per heavy atom. The van der Waals surface area contributed by atoms with E-state index in [1.165, 1.54) is 7.11 Å². The Morgan fingerprint density at radius 3 is 2.56 bits per heavy atom. The topological polar surface area (TPSA) is 87.6 Å². The minimum absolute atomic E-state index is 0.0407. The number of hydrogen-bond donors (Lipinski definition) is 2. The second-order valence-electron chi connectivity index (χ2n) is 5.35. The second kappa shape index (κ2) is 8.76. The lowest BCUT2D eigenvalue weighted by Crippen LogP contribution is -2.20. The third kappa shape index (κ3) is 5.25. The molecule has 4 N–H and O–H groups in total. The van der Waals surface area contributed by atoms with E-state index in [2.05, 4.69) is 15.9 Å². The molecule has 0 saturated heterocycles. The van der Waals surface area contributed by atoms with Crippen molar-refractivity contribution in [1.82, 2.24) is 0 Å². The van der Waals surface area contributed by atoms with Gasteiger partial charge in [-0.1, -0.05) is 29.3 Å². The number of methoxy groups -OCH3 is 1. The summed E-state index contributed by atoms with van der Waals surface area (Å²) < 4.78 is 11.9. The summed E-state index contributed by atoms with van der Waals surface area (Å²) in [6.45, 7) is 0.276. The van der Waals surface area contributed by atoms with E-state index in [0.29, 0.717) is 31.6 Å². The van der Waals surface area contributed by atoms with Crippen molar-refractivity contribution in [1.29, 1.82) is 0 Å². The molecule has 0 heterocycles. The maximum Gasteiger partial charge on any atom is 0.219 e. The Morgan fingerprint density at radius 2 is 1.96 bits per heavy atom. The number of carbonyl (C=O) groups excluding carboxylic acids is 1. The van der Waals surface area contributed by atoms with Gasteiger partial charge in [-0.25, -0.2) is 0 Å². The summed E-state index contributed by atoms with van der Waals surface area (Å²) in [4.78, 5) is 11.1. The standard InChI is InChI=1S/C17H17BrCl2N2O3/c1-24-15-6-10(14(21)7-16(22)23)5-11(18)17(15)25-8-9-2-3-12(19)13(20)4-9/h2-6,14H,7-8,21H2,1H3,(H2,22,23). The summed E-state index contributed by atoms with van der Waals surface area (Å²) in [7, 11) is 1.52. The van der Waals surface area contributed by atoms with E-state index in [0.717, 1.165) is 5.56 Å². The molecule has 0 aliphatic rings. The van der Waals surface area contributed by atoms with Crippen molar-refractivity contribution < 1.29 is 14.3 Å². The Kier molecular flexibility index (Phi) is 6.95. The van der Waals surface area contributed by atoms with Gasteiger partial charge in [0.15, 0.2) is 11.5 Å². The Labute approximate surface area is 164 Å². The molecule has 25 heavy (non-hydrogen) atoms. The Balaban J connectivity index is 2.22. The van der Waals surface area contributed by atoms with E-state index in [4.69, 9.17) is 44.1 Å². The van der Waals surface area contributed by atoms with Crippen LogP contribution in [0.3, 0.4) is 0 Å². The molecule has 5 nitrogen and oxygen atoms in total. The van der Waals surface area contributed by atoms with Crippen LogP contribution >= 0.6 is 39.1 Å². The van der Waals surface area contributed by atoms with Crippen molar-refractivity contribution in [3.05, 3.63) is 56.0 Å². The number of rotatable bonds is 7. The smallest absolute Gasteiger partial charge is 0.219 e. The van der Waals surface area contributed by atoms with E-state index in [-0.39, 0.29) is 13.0 Å². The summed E-state index contributed by atoms with van der Waals surface area (Å²) in [5, 5.41) is 0.943. The number of primary amides is 1. The Hall–Kier alpha value is -1.47. The van der Waals surface area contributed by atoms with Crippen molar-refractivity contribution in [2.45, 2.75) is 19.1 Å². The van der Waals surface area contributed by atoms with Crippen LogP contribution in [-0.4, -0.2) is 13.0 Å². The highest BCUT2D eigenvalue weighted by atomic mass is 79.9. The average molecular weight is 448 g/mol. The van der Waals surface area contributed by atoms with Crippen LogP contribution in [0.25, 0.3) is 0 Å². The van der Waals surface area contributed by atoms with Crippen molar-refractivity contribution in [2.24, 2.45) is 11.5 Å². The van der Waals surface area contributed by atoms with Gasteiger partial charge in [0.2, 0.25) is 5.91 Å². The van der Waals surface area contributed by atoms with Gasteiger partial charge in [0.05, 0.1) is 21.6 Å². The largest absolute Gasteiger partial charge is 0.493 e. The molecule has 2 aromatic rings. The minimum Gasteiger partial charge on any atom is -0.493 e. The molecule has 0 bridgehead atoms. The monoisotopic (exact) mass is 446 g/mol. The van der Waals surface area contributed by atoms with Gasteiger partial charge in [-0.05, 0) is 51.3 Å². The third-order valence-electron chi connectivity index (χ3n) is 3.47. The number of benzene rings is 2. The maximum absolute atomic E-state index is 11.1. The van der Waals surface area contributed by atoms with E-state index >= 15 is 0 Å². The lowest BCUT2D eigenvalue weighted by Gasteiger charge is -2.17. The molecule has 0 aliphatic heterocycles. The van der Waals surface area contributed by atoms with Gasteiger partial charge in [-0.15, -0.1) is 0 Å². The zero-order valence-electron chi connectivity index (χ0n) is 13.4. The fourth-order valence-electron chi connectivity index (χ4n) is 2.21. The minimum atomic E-state index is -0.521. The van der Waals surface area contributed by atoms with Crippen molar-refractivity contribution >= 4 is 45.0 Å². The first-order valence-electron chi connectivity index (χ1n) is 7.30. The predicted molar refractivity (Wildman–Crippen MR) is 102 cm³/mol. The second-order valence-corrected chi connectivity index (χ2v) is 7.02. The number of amides is 1.